The molecule has 2 aliphatic rings. The second-order valence-corrected chi connectivity index (χ2v) is 8.34. The molecular formula is C23H21N3O5. The fraction of sp³-hybridized carbons (Fsp3) is 0.304. The number of non-ortho nitro benzene ring substituents is 1. The van der Waals surface area contributed by atoms with Crippen molar-refractivity contribution in [2.45, 2.75) is 25.8 Å². The van der Waals surface area contributed by atoms with Crippen LogP contribution in [0.25, 0.3) is 11.3 Å². The van der Waals surface area contributed by atoms with Gasteiger partial charge in [0.05, 0.1) is 4.92 Å². The first kappa shape index (κ1) is 19.3. The standard InChI is InChI=1S/C23H21N3O5/c1-14-8-20(16-4-2-5-18(10-16)26(29)30)31-22(14)23(28)24-11-15-9-17(13-24)19-6-3-7-21(27)25(19)12-15/h2-8,10,15,17H,9,11-13H2,1H3. The molecule has 5 rings (SSSR count). The van der Waals surface area contributed by atoms with E-state index in [1.807, 2.05) is 15.5 Å². The lowest BCUT2D eigenvalue weighted by Gasteiger charge is -2.42. The second kappa shape index (κ2) is 7.23. The summed E-state index contributed by atoms with van der Waals surface area (Å²) in [4.78, 5) is 37.9. The molecule has 2 atom stereocenters. The first-order valence-electron chi connectivity index (χ1n) is 10.2. The fourth-order valence-corrected chi connectivity index (χ4v) is 4.82. The predicted octanol–water partition coefficient (Wildman–Crippen LogP) is 3.58. The number of piperidine rings is 1. The van der Waals surface area contributed by atoms with Crippen molar-refractivity contribution in [2.24, 2.45) is 5.92 Å². The Morgan fingerprint density at radius 3 is 2.74 bits per heavy atom. The van der Waals surface area contributed by atoms with Gasteiger partial charge in [0, 0.05) is 60.6 Å². The van der Waals surface area contributed by atoms with Crippen molar-refractivity contribution >= 4 is 11.6 Å². The van der Waals surface area contributed by atoms with E-state index < -0.39 is 4.92 Å². The molecule has 1 saturated heterocycles. The predicted molar refractivity (Wildman–Crippen MR) is 113 cm³/mol. The van der Waals surface area contributed by atoms with E-state index in [2.05, 4.69) is 0 Å². The van der Waals surface area contributed by atoms with Gasteiger partial charge in [-0.05, 0) is 31.4 Å². The van der Waals surface area contributed by atoms with Crippen LogP contribution in [0.5, 0.6) is 0 Å². The summed E-state index contributed by atoms with van der Waals surface area (Å²) in [6.45, 7) is 3.52. The third kappa shape index (κ3) is 3.34. The third-order valence-electron chi connectivity index (χ3n) is 6.22. The third-order valence-corrected chi connectivity index (χ3v) is 6.22. The molecule has 1 fully saturated rings. The number of carbonyl (C=O) groups excluding carboxylic acids is 1. The Bertz CT molecular complexity index is 1260. The van der Waals surface area contributed by atoms with Gasteiger partial charge in [-0.25, -0.2) is 0 Å². The number of rotatable bonds is 3. The highest BCUT2D eigenvalue weighted by Crippen LogP contribution is 2.36. The Hall–Kier alpha value is -3.68. The monoisotopic (exact) mass is 419 g/mol. The van der Waals surface area contributed by atoms with E-state index >= 15 is 0 Å². The number of nitro benzene ring substituents is 1. The van der Waals surface area contributed by atoms with E-state index in [1.165, 1.54) is 12.1 Å². The van der Waals surface area contributed by atoms with Gasteiger partial charge < -0.3 is 13.9 Å². The highest BCUT2D eigenvalue weighted by molar-refractivity contribution is 5.93. The van der Waals surface area contributed by atoms with E-state index in [4.69, 9.17) is 4.42 Å². The Morgan fingerprint density at radius 2 is 1.94 bits per heavy atom. The van der Waals surface area contributed by atoms with Crippen molar-refractivity contribution in [1.29, 1.82) is 0 Å². The number of furan rings is 1. The van der Waals surface area contributed by atoms with Gasteiger partial charge in [-0.15, -0.1) is 0 Å². The number of carbonyl (C=O) groups is 1. The molecule has 4 heterocycles. The number of hydrogen-bond donors (Lipinski definition) is 0. The number of nitro groups is 1. The zero-order valence-electron chi connectivity index (χ0n) is 17.0. The highest BCUT2D eigenvalue weighted by atomic mass is 16.6. The van der Waals surface area contributed by atoms with E-state index in [0.29, 0.717) is 36.5 Å². The molecule has 158 valence electrons. The smallest absolute Gasteiger partial charge is 0.289 e. The lowest BCUT2D eigenvalue weighted by Crippen LogP contribution is -2.49. The van der Waals surface area contributed by atoms with Gasteiger partial charge in [0.2, 0.25) is 0 Å². The van der Waals surface area contributed by atoms with Gasteiger partial charge in [0.25, 0.3) is 17.2 Å². The van der Waals surface area contributed by atoms with Crippen LogP contribution in [0, 0.1) is 23.0 Å². The van der Waals surface area contributed by atoms with Crippen LogP contribution in [0.1, 0.15) is 34.2 Å². The van der Waals surface area contributed by atoms with Crippen LogP contribution in [-0.2, 0) is 6.54 Å². The number of fused-ring (bicyclic) bond motifs is 4. The Morgan fingerprint density at radius 1 is 1.13 bits per heavy atom. The summed E-state index contributed by atoms with van der Waals surface area (Å²) in [5.74, 6) is 0.847. The van der Waals surface area contributed by atoms with Crippen LogP contribution in [0.4, 0.5) is 5.69 Å². The van der Waals surface area contributed by atoms with Crippen LogP contribution < -0.4 is 5.56 Å². The molecule has 0 aliphatic carbocycles. The number of benzene rings is 1. The van der Waals surface area contributed by atoms with Crippen LogP contribution in [0.2, 0.25) is 0 Å². The highest BCUT2D eigenvalue weighted by Gasteiger charge is 2.37. The van der Waals surface area contributed by atoms with Crippen molar-refractivity contribution in [3.05, 3.63) is 86.0 Å². The average molecular weight is 419 g/mol. The number of nitrogens with zero attached hydrogens (tertiary/aromatic N) is 3. The molecule has 31 heavy (non-hydrogen) atoms. The molecule has 0 N–H and O–H groups in total. The molecule has 3 aromatic rings. The van der Waals surface area contributed by atoms with Gasteiger partial charge >= 0.3 is 0 Å². The lowest BCUT2D eigenvalue weighted by molar-refractivity contribution is -0.384. The Labute approximate surface area is 177 Å². The largest absolute Gasteiger partial charge is 0.451 e. The van der Waals surface area contributed by atoms with Gasteiger partial charge in [-0.1, -0.05) is 18.2 Å². The van der Waals surface area contributed by atoms with Crippen LogP contribution in [-0.4, -0.2) is 33.4 Å². The summed E-state index contributed by atoms with van der Waals surface area (Å²) < 4.78 is 7.72. The first-order valence-corrected chi connectivity index (χ1v) is 10.2. The van der Waals surface area contributed by atoms with Crippen molar-refractivity contribution in [1.82, 2.24) is 9.47 Å². The lowest BCUT2D eigenvalue weighted by atomic mass is 9.83. The van der Waals surface area contributed by atoms with Crippen molar-refractivity contribution in [2.75, 3.05) is 13.1 Å². The van der Waals surface area contributed by atoms with E-state index in [-0.39, 0.29) is 34.7 Å². The van der Waals surface area contributed by atoms with Gasteiger partial charge in [-0.2, -0.15) is 0 Å². The van der Waals surface area contributed by atoms with E-state index in [1.54, 1.807) is 37.3 Å². The minimum atomic E-state index is -0.457. The Balaban J connectivity index is 1.42. The van der Waals surface area contributed by atoms with Crippen LogP contribution >= 0.6 is 0 Å². The number of aryl methyl sites for hydroxylation is 1. The molecule has 2 bridgehead atoms. The van der Waals surface area contributed by atoms with Crippen LogP contribution in [0.15, 0.2) is 57.7 Å². The SMILES string of the molecule is Cc1cc(-c2cccc([N+](=O)[O-])c2)oc1C(=O)N1CC2CC(C1)c1cccc(=O)n1C2. The maximum atomic E-state index is 13.3. The fourth-order valence-electron chi connectivity index (χ4n) is 4.82. The van der Waals surface area contributed by atoms with Crippen molar-refractivity contribution < 1.29 is 14.1 Å². The number of amides is 1. The molecule has 1 amide bonds. The summed E-state index contributed by atoms with van der Waals surface area (Å²) in [5, 5.41) is 11.1. The minimum Gasteiger partial charge on any atom is -0.451 e. The normalized spacial score (nSPS) is 19.7. The van der Waals surface area contributed by atoms with Crippen LogP contribution in [0.3, 0.4) is 0 Å². The maximum Gasteiger partial charge on any atom is 0.289 e. The number of hydrogen-bond acceptors (Lipinski definition) is 5. The second-order valence-electron chi connectivity index (χ2n) is 8.34. The number of pyridine rings is 1. The van der Waals surface area contributed by atoms with Gasteiger partial charge in [0.1, 0.15) is 5.76 Å². The molecule has 0 radical (unpaired) electrons. The first-order chi connectivity index (χ1) is 14.9. The van der Waals surface area contributed by atoms with Gasteiger partial charge in [-0.3, -0.25) is 19.7 Å². The maximum absolute atomic E-state index is 13.3. The molecule has 0 spiro atoms. The molecule has 2 unspecified atom stereocenters. The minimum absolute atomic E-state index is 0.00968. The molecule has 2 aromatic heterocycles. The van der Waals surface area contributed by atoms with Crippen molar-refractivity contribution in [3.8, 4) is 11.3 Å². The zero-order valence-corrected chi connectivity index (χ0v) is 17.0. The molecule has 1 aromatic carbocycles. The van der Waals surface area contributed by atoms with Gasteiger partial charge in [0.15, 0.2) is 5.76 Å². The quantitative estimate of drug-likeness (QED) is 0.477. The summed E-state index contributed by atoms with van der Waals surface area (Å²) in [5.41, 5.74) is 2.21. The molecule has 0 saturated carbocycles. The number of aromatic nitrogens is 1. The van der Waals surface area contributed by atoms with E-state index in [9.17, 15) is 19.7 Å². The zero-order chi connectivity index (χ0) is 21.7. The van der Waals surface area contributed by atoms with E-state index in [0.717, 1.165) is 12.1 Å². The molecular weight excluding hydrogens is 398 g/mol. The average Bonchev–Trinajstić information content (AvgIpc) is 3.15. The molecule has 2 aliphatic heterocycles. The Kier molecular flexibility index (Phi) is 4.50. The summed E-state index contributed by atoms with van der Waals surface area (Å²) in [7, 11) is 0. The summed E-state index contributed by atoms with van der Waals surface area (Å²) >= 11 is 0. The number of likely N-dealkylation sites (tertiary alicyclic amines) is 1. The summed E-state index contributed by atoms with van der Waals surface area (Å²) in [6.07, 6.45) is 0.962. The molecule has 8 nitrogen and oxygen atoms in total. The van der Waals surface area contributed by atoms with Crippen molar-refractivity contribution in [3.63, 3.8) is 0 Å². The molecule has 8 heteroatoms. The summed E-state index contributed by atoms with van der Waals surface area (Å²) in [6, 6.07) is 13.2. The topological polar surface area (TPSA) is 98.6 Å².